The number of rotatable bonds is 6. The second kappa shape index (κ2) is 9.03. The smallest absolute Gasteiger partial charge is 0.123 e. The van der Waals surface area contributed by atoms with Gasteiger partial charge in [0.05, 0.1) is 0 Å². The van der Waals surface area contributed by atoms with E-state index in [1.54, 1.807) is 12.1 Å². The molecule has 0 radical (unpaired) electrons. The van der Waals surface area contributed by atoms with Crippen molar-refractivity contribution in [1.82, 2.24) is 4.90 Å². The van der Waals surface area contributed by atoms with E-state index in [1.165, 1.54) is 23.3 Å². The van der Waals surface area contributed by atoms with E-state index in [9.17, 15) is 4.39 Å². The molecule has 144 valence electrons. The van der Waals surface area contributed by atoms with Crippen LogP contribution in [0.5, 0.6) is 5.75 Å². The number of nitrogens with zero attached hydrogens (tertiary/aromatic N) is 1. The zero-order valence-corrected chi connectivity index (χ0v) is 16.0. The standard InChI is InChI=1S/C25H26FNO/c26-22-11-13-23(14-12-22)28-25-16-18-27(17-15-20-7-3-1-4-8-20)19-24(25)21-9-5-2-6-10-21/h1-14,24-25H,15-19H2/t24-,25+/m0/s1. The summed E-state index contributed by atoms with van der Waals surface area (Å²) < 4.78 is 19.5. The molecule has 2 atom stereocenters. The predicted molar refractivity (Wildman–Crippen MR) is 111 cm³/mol. The van der Waals surface area contributed by atoms with E-state index in [1.807, 2.05) is 0 Å². The maximum atomic E-state index is 13.2. The summed E-state index contributed by atoms with van der Waals surface area (Å²) in [5.74, 6) is 0.809. The fourth-order valence-corrected chi connectivity index (χ4v) is 3.98. The summed E-state index contributed by atoms with van der Waals surface area (Å²) >= 11 is 0. The first-order valence-electron chi connectivity index (χ1n) is 10.0. The monoisotopic (exact) mass is 375 g/mol. The highest BCUT2D eigenvalue weighted by molar-refractivity contribution is 5.26. The van der Waals surface area contributed by atoms with Crippen LogP contribution in [0.2, 0.25) is 0 Å². The molecule has 0 bridgehead atoms. The number of hydrogen-bond donors (Lipinski definition) is 0. The minimum Gasteiger partial charge on any atom is -0.490 e. The van der Waals surface area contributed by atoms with Gasteiger partial charge in [0.1, 0.15) is 17.7 Å². The van der Waals surface area contributed by atoms with Crippen molar-refractivity contribution in [2.24, 2.45) is 0 Å². The van der Waals surface area contributed by atoms with Gasteiger partial charge in [-0.15, -0.1) is 0 Å². The van der Waals surface area contributed by atoms with Crippen LogP contribution in [0, 0.1) is 5.82 Å². The van der Waals surface area contributed by atoms with Crippen molar-refractivity contribution in [3.05, 3.63) is 102 Å². The summed E-state index contributed by atoms with van der Waals surface area (Å²) in [6.45, 7) is 3.04. The second-order valence-electron chi connectivity index (χ2n) is 7.45. The molecule has 3 aromatic carbocycles. The van der Waals surface area contributed by atoms with Gasteiger partial charge in [-0.2, -0.15) is 0 Å². The highest BCUT2D eigenvalue weighted by atomic mass is 19.1. The molecule has 0 N–H and O–H groups in total. The van der Waals surface area contributed by atoms with Gasteiger partial charge in [-0.1, -0.05) is 60.7 Å². The van der Waals surface area contributed by atoms with Crippen molar-refractivity contribution < 1.29 is 9.13 Å². The molecule has 0 amide bonds. The van der Waals surface area contributed by atoms with E-state index in [-0.39, 0.29) is 11.9 Å². The molecular weight excluding hydrogens is 349 g/mol. The lowest BCUT2D eigenvalue weighted by Gasteiger charge is -2.39. The van der Waals surface area contributed by atoms with Crippen LogP contribution in [0.4, 0.5) is 4.39 Å². The Balaban J connectivity index is 1.46. The molecule has 28 heavy (non-hydrogen) atoms. The predicted octanol–water partition coefficient (Wildman–Crippen LogP) is 5.31. The fraction of sp³-hybridized carbons (Fsp3) is 0.280. The zero-order chi connectivity index (χ0) is 19.2. The van der Waals surface area contributed by atoms with Crippen molar-refractivity contribution in [1.29, 1.82) is 0 Å². The Labute approximate surface area is 166 Å². The zero-order valence-electron chi connectivity index (χ0n) is 16.0. The van der Waals surface area contributed by atoms with E-state index < -0.39 is 0 Å². The lowest BCUT2D eigenvalue weighted by Crippen LogP contribution is -2.44. The molecule has 4 rings (SSSR count). The number of hydrogen-bond acceptors (Lipinski definition) is 2. The third-order valence-corrected chi connectivity index (χ3v) is 5.52. The first kappa shape index (κ1) is 18.7. The van der Waals surface area contributed by atoms with Gasteiger partial charge in [-0.05, 0) is 48.2 Å². The van der Waals surface area contributed by atoms with E-state index >= 15 is 0 Å². The Kier molecular flexibility index (Phi) is 6.03. The Hall–Kier alpha value is -2.65. The largest absolute Gasteiger partial charge is 0.490 e. The average molecular weight is 375 g/mol. The van der Waals surface area contributed by atoms with Gasteiger partial charge in [0.2, 0.25) is 0 Å². The fourth-order valence-electron chi connectivity index (χ4n) is 3.98. The lowest BCUT2D eigenvalue weighted by molar-refractivity contribution is 0.0782. The van der Waals surface area contributed by atoms with E-state index in [4.69, 9.17) is 4.74 Å². The lowest BCUT2D eigenvalue weighted by atomic mass is 9.87. The van der Waals surface area contributed by atoms with Gasteiger partial charge in [0, 0.05) is 25.6 Å². The van der Waals surface area contributed by atoms with Gasteiger partial charge in [0.15, 0.2) is 0 Å². The molecule has 1 aliphatic rings. The topological polar surface area (TPSA) is 12.5 Å². The van der Waals surface area contributed by atoms with Crippen molar-refractivity contribution in [3.63, 3.8) is 0 Å². The Morgan fingerprint density at radius 2 is 1.54 bits per heavy atom. The average Bonchev–Trinajstić information content (AvgIpc) is 2.76. The number of piperidine rings is 1. The molecule has 0 spiro atoms. The molecule has 0 saturated carbocycles. The summed E-state index contributed by atoms with van der Waals surface area (Å²) in [7, 11) is 0. The summed E-state index contributed by atoms with van der Waals surface area (Å²) in [6, 6.07) is 27.6. The van der Waals surface area contributed by atoms with Crippen LogP contribution in [0.25, 0.3) is 0 Å². The van der Waals surface area contributed by atoms with Gasteiger partial charge in [-0.3, -0.25) is 0 Å². The number of benzene rings is 3. The van der Waals surface area contributed by atoms with Crippen LogP contribution < -0.4 is 4.74 Å². The number of likely N-dealkylation sites (tertiary alicyclic amines) is 1. The van der Waals surface area contributed by atoms with Gasteiger partial charge < -0.3 is 9.64 Å². The highest BCUT2D eigenvalue weighted by Gasteiger charge is 2.31. The Morgan fingerprint density at radius 1 is 0.857 bits per heavy atom. The van der Waals surface area contributed by atoms with Crippen LogP contribution in [0.15, 0.2) is 84.9 Å². The SMILES string of the molecule is Fc1ccc(O[C@@H]2CCN(CCc3ccccc3)C[C@H]2c2ccccc2)cc1. The molecule has 1 heterocycles. The quantitative estimate of drug-likeness (QED) is 0.579. The maximum Gasteiger partial charge on any atom is 0.123 e. The summed E-state index contributed by atoms with van der Waals surface area (Å²) in [6.07, 6.45) is 2.12. The molecular formula is C25H26FNO. The minimum absolute atomic E-state index is 0.0980. The van der Waals surface area contributed by atoms with Crippen LogP contribution in [-0.2, 0) is 6.42 Å². The van der Waals surface area contributed by atoms with Crippen LogP contribution >= 0.6 is 0 Å². The van der Waals surface area contributed by atoms with Crippen LogP contribution in [-0.4, -0.2) is 30.6 Å². The first-order valence-corrected chi connectivity index (χ1v) is 10.0. The number of halogens is 1. The van der Waals surface area contributed by atoms with Crippen molar-refractivity contribution in [3.8, 4) is 5.75 Å². The normalized spacial score (nSPS) is 20.0. The maximum absolute atomic E-state index is 13.2. The molecule has 3 aromatic rings. The van der Waals surface area contributed by atoms with Gasteiger partial charge >= 0.3 is 0 Å². The van der Waals surface area contributed by atoms with Crippen LogP contribution in [0.3, 0.4) is 0 Å². The molecule has 1 saturated heterocycles. The number of ether oxygens (including phenoxy) is 1. The van der Waals surface area contributed by atoms with E-state index in [0.29, 0.717) is 5.92 Å². The molecule has 3 heteroatoms. The van der Waals surface area contributed by atoms with Gasteiger partial charge in [0.25, 0.3) is 0 Å². The van der Waals surface area contributed by atoms with Crippen molar-refractivity contribution >= 4 is 0 Å². The minimum atomic E-state index is -0.234. The third kappa shape index (κ3) is 4.79. The summed E-state index contributed by atoms with van der Waals surface area (Å²) in [5, 5.41) is 0. The van der Waals surface area contributed by atoms with E-state index in [2.05, 4.69) is 65.6 Å². The molecule has 0 unspecified atom stereocenters. The molecule has 1 aliphatic heterocycles. The Morgan fingerprint density at radius 3 is 2.25 bits per heavy atom. The van der Waals surface area contributed by atoms with Crippen molar-refractivity contribution in [2.45, 2.75) is 24.9 Å². The summed E-state index contributed by atoms with van der Waals surface area (Å²) in [4.78, 5) is 2.54. The second-order valence-corrected chi connectivity index (χ2v) is 7.45. The summed E-state index contributed by atoms with van der Waals surface area (Å²) in [5.41, 5.74) is 2.68. The third-order valence-electron chi connectivity index (χ3n) is 5.52. The molecule has 1 fully saturated rings. The van der Waals surface area contributed by atoms with E-state index in [0.717, 1.165) is 38.2 Å². The molecule has 0 aliphatic carbocycles. The molecule has 2 nitrogen and oxygen atoms in total. The first-order chi connectivity index (χ1) is 13.8. The highest BCUT2D eigenvalue weighted by Crippen LogP contribution is 2.31. The molecule has 0 aromatic heterocycles. The Bertz CT molecular complexity index is 851. The van der Waals surface area contributed by atoms with Crippen molar-refractivity contribution in [2.75, 3.05) is 19.6 Å². The van der Waals surface area contributed by atoms with Gasteiger partial charge in [-0.25, -0.2) is 4.39 Å². The van der Waals surface area contributed by atoms with Crippen LogP contribution in [0.1, 0.15) is 23.5 Å².